The van der Waals surface area contributed by atoms with Gasteiger partial charge in [0.25, 0.3) is 5.91 Å². The van der Waals surface area contributed by atoms with Crippen LogP contribution in [0.15, 0.2) is 76.7 Å². The first-order valence-corrected chi connectivity index (χ1v) is 11.4. The summed E-state index contributed by atoms with van der Waals surface area (Å²) in [7, 11) is 0. The molecule has 0 radical (unpaired) electrons. The molecule has 0 aliphatic heterocycles. The van der Waals surface area contributed by atoms with Gasteiger partial charge in [-0.1, -0.05) is 24.3 Å². The number of hydrogen-bond donors (Lipinski definition) is 2. The standard InChI is InChI=1S/C25H19N5O3S/c1-15(31)27-13-16-9-10-23(33-16)22-14-34-25(29-22)30-24(32)18-12-21(20-8-4-5-11-26-20)28-19-7-3-2-6-17(18)19/h2-12,14H,13H2,1H3,(H,27,31)(H,29,30,32). The van der Waals surface area contributed by atoms with Gasteiger partial charge in [-0.15, -0.1) is 11.3 Å². The number of hydrogen-bond acceptors (Lipinski definition) is 7. The highest BCUT2D eigenvalue weighted by molar-refractivity contribution is 7.14. The average Bonchev–Trinajstić information content (AvgIpc) is 3.52. The van der Waals surface area contributed by atoms with E-state index in [1.54, 1.807) is 29.8 Å². The van der Waals surface area contributed by atoms with E-state index in [0.29, 0.717) is 51.4 Å². The smallest absolute Gasteiger partial charge is 0.258 e. The monoisotopic (exact) mass is 469 g/mol. The van der Waals surface area contributed by atoms with E-state index < -0.39 is 0 Å². The molecule has 0 bridgehead atoms. The summed E-state index contributed by atoms with van der Waals surface area (Å²) >= 11 is 1.30. The minimum atomic E-state index is -0.289. The Hall–Kier alpha value is -4.37. The van der Waals surface area contributed by atoms with Crippen LogP contribution in [0.1, 0.15) is 23.0 Å². The van der Waals surface area contributed by atoms with Gasteiger partial charge in [-0.3, -0.25) is 19.9 Å². The predicted octanol–water partition coefficient (Wildman–Crippen LogP) is 4.90. The zero-order valence-corrected chi connectivity index (χ0v) is 18.9. The minimum Gasteiger partial charge on any atom is -0.458 e. The summed E-state index contributed by atoms with van der Waals surface area (Å²) in [6.45, 7) is 1.75. The molecule has 0 fully saturated rings. The third-order valence-corrected chi connectivity index (χ3v) is 5.80. The number of furan rings is 1. The molecule has 4 heterocycles. The van der Waals surface area contributed by atoms with E-state index in [4.69, 9.17) is 4.42 Å². The number of nitrogens with zero attached hydrogens (tertiary/aromatic N) is 3. The van der Waals surface area contributed by atoms with Crippen molar-refractivity contribution in [3.05, 3.63) is 83.6 Å². The van der Waals surface area contributed by atoms with Gasteiger partial charge in [0.05, 0.1) is 29.0 Å². The predicted molar refractivity (Wildman–Crippen MR) is 130 cm³/mol. The molecule has 8 nitrogen and oxygen atoms in total. The lowest BCUT2D eigenvalue weighted by Gasteiger charge is -2.09. The van der Waals surface area contributed by atoms with Crippen molar-refractivity contribution in [2.24, 2.45) is 0 Å². The molecule has 1 aromatic carbocycles. The van der Waals surface area contributed by atoms with Crippen molar-refractivity contribution in [3.8, 4) is 22.8 Å². The Labute approximate surface area is 198 Å². The number of carbonyl (C=O) groups excluding carboxylic acids is 2. The number of fused-ring (bicyclic) bond motifs is 1. The SMILES string of the molecule is CC(=O)NCc1ccc(-c2csc(NC(=O)c3cc(-c4ccccn4)nc4ccccc34)n2)o1. The van der Waals surface area contributed by atoms with Crippen LogP contribution >= 0.6 is 11.3 Å². The van der Waals surface area contributed by atoms with E-state index in [-0.39, 0.29) is 11.8 Å². The van der Waals surface area contributed by atoms with Crippen LogP contribution in [0.25, 0.3) is 33.7 Å². The molecule has 0 spiro atoms. The normalized spacial score (nSPS) is 10.9. The fraction of sp³-hybridized carbons (Fsp3) is 0.0800. The summed E-state index contributed by atoms with van der Waals surface area (Å²) in [4.78, 5) is 37.9. The van der Waals surface area contributed by atoms with Gasteiger partial charge in [-0.2, -0.15) is 0 Å². The highest BCUT2D eigenvalue weighted by Gasteiger charge is 2.17. The molecule has 0 unspecified atom stereocenters. The van der Waals surface area contributed by atoms with Crippen LogP contribution in [0.3, 0.4) is 0 Å². The Balaban J connectivity index is 1.40. The van der Waals surface area contributed by atoms with E-state index in [2.05, 4.69) is 25.6 Å². The van der Waals surface area contributed by atoms with Gasteiger partial charge in [0.15, 0.2) is 10.9 Å². The van der Waals surface area contributed by atoms with Crippen LogP contribution in [0, 0.1) is 0 Å². The van der Waals surface area contributed by atoms with Gasteiger partial charge >= 0.3 is 0 Å². The summed E-state index contributed by atoms with van der Waals surface area (Å²) in [6, 6.07) is 18.4. The molecule has 2 N–H and O–H groups in total. The maximum atomic E-state index is 13.3. The summed E-state index contributed by atoms with van der Waals surface area (Å²) in [5.74, 6) is 0.756. The second kappa shape index (κ2) is 9.24. The second-order valence-electron chi connectivity index (χ2n) is 7.45. The third-order valence-electron chi connectivity index (χ3n) is 5.04. The average molecular weight is 470 g/mol. The van der Waals surface area contributed by atoms with Gasteiger partial charge in [-0.25, -0.2) is 9.97 Å². The van der Waals surface area contributed by atoms with Crippen molar-refractivity contribution < 1.29 is 14.0 Å². The van der Waals surface area contributed by atoms with E-state index in [0.717, 1.165) is 5.39 Å². The highest BCUT2D eigenvalue weighted by Crippen LogP contribution is 2.28. The molecule has 2 amide bonds. The van der Waals surface area contributed by atoms with Crippen LogP contribution in [-0.2, 0) is 11.3 Å². The largest absolute Gasteiger partial charge is 0.458 e. The number of rotatable bonds is 6. The fourth-order valence-corrected chi connectivity index (χ4v) is 4.13. The van der Waals surface area contributed by atoms with Gasteiger partial charge in [0, 0.05) is 23.9 Å². The minimum absolute atomic E-state index is 0.133. The Morgan fingerprint density at radius 1 is 0.971 bits per heavy atom. The lowest BCUT2D eigenvalue weighted by molar-refractivity contribution is -0.119. The lowest BCUT2D eigenvalue weighted by Crippen LogP contribution is -2.18. The molecule has 0 saturated heterocycles. The van der Waals surface area contributed by atoms with E-state index in [1.165, 1.54) is 18.3 Å². The third kappa shape index (κ3) is 4.55. The van der Waals surface area contributed by atoms with Crippen molar-refractivity contribution in [1.82, 2.24) is 20.3 Å². The van der Waals surface area contributed by atoms with Crippen molar-refractivity contribution in [2.75, 3.05) is 5.32 Å². The van der Waals surface area contributed by atoms with Gasteiger partial charge in [-0.05, 0) is 36.4 Å². The number of nitrogens with one attached hydrogen (secondary N) is 2. The number of benzene rings is 1. The van der Waals surface area contributed by atoms with Crippen molar-refractivity contribution in [2.45, 2.75) is 13.5 Å². The Kier molecular flexibility index (Phi) is 5.84. The Morgan fingerprint density at radius 2 is 1.82 bits per heavy atom. The molecule has 0 aliphatic rings. The Morgan fingerprint density at radius 3 is 2.65 bits per heavy atom. The molecule has 0 saturated carbocycles. The summed E-state index contributed by atoms with van der Waals surface area (Å²) < 4.78 is 5.75. The van der Waals surface area contributed by atoms with E-state index in [1.807, 2.05) is 42.5 Å². The molecule has 34 heavy (non-hydrogen) atoms. The number of carbonyl (C=O) groups is 2. The molecular formula is C25H19N5O3S. The maximum absolute atomic E-state index is 13.3. The topological polar surface area (TPSA) is 110 Å². The number of thiazole rings is 1. The summed E-state index contributed by atoms with van der Waals surface area (Å²) in [5.41, 5.74) is 3.10. The van der Waals surface area contributed by atoms with Crippen LogP contribution in [0.4, 0.5) is 5.13 Å². The number of pyridine rings is 2. The quantitative estimate of drug-likeness (QED) is 0.366. The molecule has 168 valence electrons. The molecule has 5 aromatic rings. The van der Waals surface area contributed by atoms with Crippen molar-refractivity contribution in [3.63, 3.8) is 0 Å². The second-order valence-corrected chi connectivity index (χ2v) is 8.31. The maximum Gasteiger partial charge on any atom is 0.258 e. The van der Waals surface area contributed by atoms with Crippen LogP contribution in [-0.4, -0.2) is 26.8 Å². The van der Waals surface area contributed by atoms with Gasteiger partial charge < -0.3 is 9.73 Å². The van der Waals surface area contributed by atoms with Crippen LogP contribution < -0.4 is 10.6 Å². The van der Waals surface area contributed by atoms with E-state index >= 15 is 0 Å². The van der Waals surface area contributed by atoms with Crippen molar-refractivity contribution >= 4 is 39.2 Å². The summed E-state index contributed by atoms with van der Waals surface area (Å²) in [6.07, 6.45) is 1.69. The van der Waals surface area contributed by atoms with Crippen LogP contribution in [0.5, 0.6) is 0 Å². The molecule has 9 heteroatoms. The Bertz CT molecular complexity index is 1490. The molecule has 4 aromatic heterocycles. The van der Waals surface area contributed by atoms with Crippen LogP contribution in [0.2, 0.25) is 0 Å². The zero-order valence-electron chi connectivity index (χ0n) is 18.1. The number of amides is 2. The first-order valence-electron chi connectivity index (χ1n) is 10.5. The first-order chi connectivity index (χ1) is 16.6. The van der Waals surface area contributed by atoms with Crippen molar-refractivity contribution in [1.29, 1.82) is 0 Å². The number of aromatic nitrogens is 3. The number of anilines is 1. The summed E-state index contributed by atoms with van der Waals surface area (Å²) in [5, 5.41) is 8.57. The first kappa shape index (κ1) is 21.5. The fourth-order valence-electron chi connectivity index (χ4n) is 3.44. The lowest BCUT2D eigenvalue weighted by atomic mass is 10.1. The van der Waals surface area contributed by atoms with E-state index in [9.17, 15) is 9.59 Å². The van der Waals surface area contributed by atoms with Gasteiger partial charge in [0.1, 0.15) is 11.5 Å². The molecule has 0 aliphatic carbocycles. The zero-order chi connectivity index (χ0) is 23.5. The molecular weight excluding hydrogens is 450 g/mol. The van der Waals surface area contributed by atoms with Gasteiger partial charge in [0.2, 0.25) is 5.91 Å². The molecule has 0 atom stereocenters. The number of para-hydroxylation sites is 1. The molecule has 5 rings (SSSR count). The highest BCUT2D eigenvalue weighted by atomic mass is 32.1.